The van der Waals surface area contributed by atoms with Gasteiger partial charge in [-0.15, -0.1) is 0 Å². The van der Waals surface area contributed by atoms with Gasteiger partial charge in [-0.05, 0) is 24.8 Å². The van der Waals surface area contributed by atoms with E-state index in [2.05, 4.69) is 18.7 Å². The summed E-state index contributed by atoms with van der Waals surface area (Å²) in [4.78, 5) is 16.3. The van der Waals surface area contributed by atoms with Gasteiger partial charge < -0.3 is 9.80 Å². The predicted octanol–water partition coefficient (Wildman–Crippen LogP) is 0.101. The van der Waals surface area contributed by atoms with Crippen molar-refractivity contribution in [1.82, 2.24) is 9.80 Å². The molecule has 2 N–H and O–H groups in total. The average molecular weight is 317 g/mol. The molecule has 0 aliphatic carbocycles. The van der Waals surface area contributed by atoms with Crippen LogP contribution in [0.15, 0.2) is 0 Å². The Kier molecular flexibility index (Phi) is 5.27. The first-order valence-corrected chi connectivity index (χ1v) is 9.45. The molecule has 2 saturated heterocycles. The van der Waals surface area contributed by atoms with Gasteiger partial charge in [0.25, 0.3) is 0 Å². The lowest BCUT2D eigenvalue weighted by molar-refractivity contribution is -0.128. The Bertz CT molecular complexity index is 478. The molecule has 2 atom stereocenters. The summed E-state index contributed by atoms with van der Waals surface area (Å²) in [5, 5.41) is 5.07. The van der Waals surface area contributed by atoms with Crippen LogP contribution in [0.4, 0.5) is 0 Å². The molecule has 0 spiro atoms. The molecule has 0 aromatic rings. The summed E-state index contributed by atoms with van der Waals surface area (Å²) in [5.74, 6) is 1.03. The number of rotatable bonds is 6. The van der Waals surface area contributed by atoms with E-state index >= 15 is 0 Å². The number of likely N-dealkylation sites (tertiary alicyclic amines) is 2. The highest BCUT2D eigenvalue weighted by Gasteiger charge is 2.34. The van der Waals surface area contributed by atoms with Crippen LogP contribution in [0, 0.1) is 17.8 Å². The summed E-state index contributed by atoms with van der Waals surface area (Å²) < 4.78 is 22.3. The predicted molar refractivity (Wildman–Crippen MR) is 82.0 cm³/mol. The number of nitrogens with zero attached hydrogens (tertiary/aromatic N) is 2. The van der Waals surface area contributed by atoms with E-state index in [0.29, 0.717) is 24.8 Å². The Morgan fingerprint density at radius 2 is 2.00 bits per heavy atom. The van der Waals surface area contributed by atoms with E-state index in [1.54, 1.807) is 0 Å². The van der Waals surface area contributed by atoms with Gasteiger partial charge in [0.1, 0.15) is 0 Å². The van der Waals surface area contributed by atoms with E-state index in [4.69, 9.17) is 5.14 Å². The summed E-state index contributed by atoms with van der Waals surface area (Å²) in [7, 11) is -3.49. The second-order valence-corrected chi connectivity index (χ2v) is 8.67. The van der Waals surface area contributed by atoms with Crippen LogP contribution in [0.2, 0.25) is 0 Å². The van der Waals surface area contributed by atoms with Crippen molar-refractivity contribution in [2.75, 3.05) is 38.5 Å². The van der Waals surface area contributed by atoms with E-state index in [1.165, 1.54) is 0 Å². The highest BCUT2D eigenvalue weighted by atomic mass is 32.2. The quantitative estimate of drug-likeness (QED) is 0.753. The summed E-state index contributed by atoms with van der Waals surface area (Å²) in [6, 6.07) is 0. The first-order valence-electron chi connectivity index (χ1n) is 7.73. The van der Waals surface area contributed by atoms with Crippen LogP contribution in [-0.4, -0.2) is 62.6 Å². The van der Waals surface area contributed by atoms with E-state index < -0.39 is 10.0 Å². The van der Waals surface area contributed by atoms with Crippen molar-refractivity contribution in [3.05, 3.63) is 0 Å². The third-order valence-electron chi connectivity index (χ3n) is 4.23. The maximum absolute atomic E-state index is 12.0. The topological polar surface area (TPSA) is 83.7 Å². The zero-order valence-corrected chi connectivity index (χ0v) is 13.8. The lowest BCUT2D eigenvalue weighted by atomic mass is 10.1. The number of primary sulfonamides is 1. The number of nitrogens with two attached hydrogens (primary N) is 1. The van der Waals surface area contributed by atoms with Crippen LogP contribution < -0.4 is 5.14 Å². The number of hydrogen-bond acceptors (Lipinski definition) is 4. The minimum absolute atomic E-state index is 0.0750. The SMILES string of the molecule is CC(C)CN1CCC(CN2CC(CS(N)(=O)=O)CC2=O)C1. The van der Waals surface area contributed by atoms with Crippen LogP contribution in [0.5, 0.6) is 0 Å². The molecule has 2 unspecified atom stereocenters. The largest absolute Gasteiger partial charge is 0.342 e. The van der Waals surface area contributed by atoms with Crippen LogP contribution in [0.3, 0.4) is 0 Å². The molecule has 2 fully saturated rings. The maximum atomic E-state index is 12.0. The first kappa shape index (κ1) is 16.7. The summed E-state index contributed by atoms with van der Waals surface area (Å²) >= 11 is 0. The first-order chi connectivity index (χ1) is 9.73. The van der Waals surface area contributed by atoms with E-state index in [-0.39, 0.29) is 17.6 Å². The minimum Gasteiger partial charge on any atom is -0.342 e. The fourth-order valence-electron chi connectivity index (χ4n) is 3.53. The number of hydrogen-bond donors (Lipinski definition) is 1. The molecule has 1 amide bonds. The Hall–Kier alpha value is -0.660. The van der Waals surface area contributed by atoms with Gasteiger partial charge >= 0.3 is 0 Å². The van der Waals surface area contributed by atoms with Crippen LogP contribution >= 0.6 is 0 Å². The number of carbonyl (C=O) groups excluding carboxylic acids is 1. The number of carbonyl (C=O) groups is 1. The lowest BCUT2D eigenvalue weighted by Gasteiger charge is -2.22. The third kappa shape index (κ3) is 5.23. The van der Waals surface area contributed by atoms with Crippen molar-refractivity contribution in [1.29, 1.82) is 0 Å². The second kappa shape index (κ2) is 6.62. The second-order valence-electron chi connectivity index (χ2n) is 7.01. The Labute approximate surface area is 127 Å². The molecule has 2 aliphatic heterocycles. The van der Waals surface area contributed by atoms with Crippen molar-refractivity contribution in [3.8, 4) is 0 Å². The molecule has 7 heteroatoms. The Morgan fingerprint density at radius 1 is 1.29 bits per heavy atom. The fourth-order valence-corrected chi connectivity index (χ4v) is 4.41. The van der Waals surface area contributed by atoms with Gasteiger partial charge in [-0.1, -0.05) is 13.8 Å². The van der Waals surface area contributed by atoms with Crippen molar-refractivity contribution in [3.63, 3.8) is 0 Å². The van der Waals surface area contributed by atoms with Gasteiger partial charge in [-0.25, -0.2) is 13.6 Å². The molecular weight excluding hydrogens is 290 g/mol. The summed E-state index contributed by atoms with van der Waals surface area (Å²) in [6.07, 6.45) is 1.44. The maximum Gasteiger partial charge on any atom is 0.222 e. The Balaban J connectivity index is 1.80. The molecule has 0 radical (unpaired) electrons. The van der Waals surface area contributed by atoms with Crippen LogP contribution in [0.25, 0.3) is 0 Å². The Morgan fingerprint density at radius 3 is 2.62 bits per heavy atom. The monoisotopic (exact) mass is 317 g/mol. The molecule has 2 rings (SSSR count). The van der Waals surface area contributed by atoms with Gasteiger partial charge in [0.15, 0.2) is 0 Å². The lowest BCUT2D eigenvalue weighted by Crippen LogP contribution is -2.33. The fraction of sp³-hybridized carbons (Fsp3) is 0.929. The average Bonchev–Trinajstić information content (AvgIpc) is 2.84. The van der Waals surface area contributed by atoms with Gasteiger partial charge in [0.2, 0.25) is 15.9 Å². The van der Waals surface area contributed by atoms with Crippen molar-refractivity contribution in [2.45, 2.75) is 26.7 Å². The normalized spacial score (nSPS) is 28.0. The van der Waals surface area contributed by atoms with E-state index in [1.807, 2.05) is 4.90 Å². The van der Waals surface area contributed by atoms with E-state index in [9.17, 15) is 13.2 Å². The zero-order valence-electron chi connectivity index (χ0n) is 13.0. The molecule has 2 aliphatic rings. The van der Waals surface area contributed by atoms with Crippen LogP contribution in [-0.2, 0) is 14.8 Å². The molecule has 0 aromatic carbocycles. The minimum atomic E-state index is -3.49. The number of sulfonamides is 1. The van der Waals surface area contributed by atoms with Crippen molar-refractivity contribution in [2.24, 2.45) is 22.9 Å². The van der Waals surface area contributed by atoms with E-state index in [0.717, 1.165) is 32.6 Å². The summed E-state index contributed by atoms with van der Waals surface area (Å²) in [5.41, 5.74) is 0. The molecule has 21 heavy (non-hydrogen) atoms. The standard InChI is InChI=1S/C14H27N3O3S/c1-11(2)6-16-4-3-12(7-16)8-17-9-13(5-14(17)18)10-21(15,19)20/h11-13H,3-10H2,1-2H3,(H2,15,19,20). The van der Waals surface area contributed by atoms with Crippen molar-refractivity contribution >= 4 is 15.9 Å². The zero-order chi connectivity index (χ0) is 15.6. The van der Waals surface area contributed by atoms with Gasteiger partial charge in [-0.2, -0.15) is 0 Å². The number of amides is 1. The van der Waals surface area contributed by atoms with Gasteiger partial charge in [0.05, 0.1) is 5.75 Å². The molecule has 0 bridgehead atoms. The molecule has 6 nitrogen and oxygen atoms in total. The van der Waals surface area contributed by atoms with Crippen molar-refractivity contribution < 1.29 is 13.2 Å². The molecular formula is C14H27N3O3S. The highest BCUT2D eigenvalue weighted by Crippen LogP contribution is 2.24. The van der Waals surface area contributed by atoms with Gasteiger partial charge in [0, 0.05) is 38.5 Å². The molecule has 0 aromatic heterocycles. The third-order valence-corrected chi connectivity index (χ3v) is 5.17. The van der Waals surface area contributed by atoms with Gasteiger partial charge in [-0.3, -0.25) is 4.79 Å². The summed E-state index contributed by atoms with van der Waals surface area (Å²) in [6.45, 7) is 8.99. The smallest absolute Gasteiger partial charge is 0.222 e. The van der Waals surface area contributed by atoms with Crippen LogP contribution in [0.1, 0.15) is 26.7 Å². The highest BCUT2D eigenvalue weighted by molar-refractivity contribution is 7.89. The molecule has 0 saturated carbocycles. The molecule has 122 valence electrons. The molecule has 2 heterocycles.